The van der Waals surface area contributed by atoms with Crippen LogP contribution in [0.1, 0.15) is 0 Å². The number of nitrogens with two attached hydrogens (primary N) is 1. The van der Waals surface area contributed by atoms with Gasteiger partial charge in [-0.1, -0.05) is 46.4 Å². The van der Waals surface area contributed by atoms with Crippen molar-refractivity contribution in [3.8, 4) is 0 Å². The third-order valence-electron chi connectivity index (χ3n) is 2.54. The molecular formula is C9H8Cl5N5S. The van der Waals surface area contributed by atoms with Crippen LogP contribution in [0.25, 0.3) is 0 Å². The summed E-state index contributed by atoms with van der Waals surface area (Å²) < 4.78 is -2.20. The van der Waals surface area contributed by atoms with Crippen molar-refractivity contribution in [3.05, 3.63) is 23.1 Å². The Bertz CT molecular complexity index is 601. The maximum absolute atomic E-state index is 6.22. The third kappa shape index (κ3) is 2.91. The smallest absolute Gasteiger partial charge is 0.238 e. The van der Waals surface area contributed by atoms with E-state index in [4.69, 9.17) is 76.1 Å². The molecule has 20 heavy (non-hydrogen) atoms. The number of aromatic nitrogens is 2. The van der Waals surface area contributed by atoms with Crippen molar-refractivity contribution >= 4 is 82.0 Å². The molecule has 1 aliphatic rings. The minimum absolute atomic E-state index is 0.212. The van der Waals surface area contributed by atoms with E-state index in [2.05, 4.69) is 15.3 Å². The van der Waals surface area contributed by atoms with Crippen molar-refractivity contribution in [2.75, 3.05) is 11.1 Å². The number of anilines is 2. The SMILES string of the molecule is Nc1cc(NC2C=CN(Cl)C(Cl)(Cl)C2(Cl)Cl)nc(=S)[nH]1. The normalized spacial score (nSPS) is 23.6. The van der Waals surface area contributed by atoms with Gasteiger partial charge in [0.15, 0.2) is 9.10 Å². The average Bonchev–Trinajstić information content (AvgIpc) is 2.30. The van der Waals surface area contributed by atoms with E-state index >= 15 is 0 Å². The summed E-state index contributed by atoms with van der Waals surface area (Å²) in [4.78, 5) is 6.71. The highest BCUT2D eigenvalue weighted by atomic mass is 35.5. The molecule has 0 bridgehead atoms. The largest absolute Gasteiger partial charge is 0.385 e. The van der Waals surface area contributed by atoms with Gasteiger partial charge in [-0.15, -0.1) is 0 Å². The Kier molecular flexibility index (Phi) is 4.54. The lowest BCUT2D eigenvalue weighted by molar-refractivity contribution is 0.408. The highest BCUT2D eigenvalue weighted by Crippen LogP contribution is 2.51. The molecule has 1 aliphatic heterocycles. The van der Waals surface area contributed by atoms with E-state index in [1.165, 1.54) is 12.3 Å². The predicted octanol–water partition coefficient (Wildman–Crippen LogP) is 3.79. The fourth-order valence-electron chi connectivity index (χ4n) is 1.55. The van der Waals surface area contributed by atoms with Crippen LogP contribution in [0.3, 0.4) is 0 Å². The van der Waals surface area contributed by atoms with E-state index in [0.717, 1.165) is 4.42 Å². The van der Waals surface area contributed by atoms with Crippen LogP contribution in [0.4, 0.5) is 11.6 Å². The van der Waals surface area contributed by atoms with Crippen LogP contribution in [-0.4, -0.2) is 29.2 Å². The second-order valence-corrected chi connectivity index (χ2v) is 7.39. The molecule has 110 valence electrons. The fraction of sp³-hybridized carbons (Fsp3) is 0.333. The minimum Gasteiger partial charge on any atom is -0.385 e. The second-order valence-electron chi connectivity index (χ2n) is 3.97. The zero-order valence-electron chi connectivity index (χ0n) is 9.58. The van der Waals surface area contributed by atoms with Crippen molar-refractivity contribution < 1.29 is 0 Å². The standard InChI is InChI=1S/C9H8Cl5N5S/c10-8(11)4(1-2-19(14)9(8,12)13)16-6-3-5(15)17-7(20)18-6/h1-4H,(H4,15,16,17,18,20). The molecule has 0 spiro atoms. The van der Waals surface area contributed by atoms with Crippen LogP contribution in [0.5, 0.6) is 0 Å². The number of nitrogens with zero attached hydrogens (tertiary/aromatic N) is 2. The van der Waals surface area contributed by atoms with Crippen LogP contribution < -0.4 is 11.1 Å². The molecule has 0 radical (unpaired) electrons. The van der Waals surface area contributed by atoms with Crippen LogP contribution in [-0.2, 0) is 0 Å². The number of halogens is 5. The molecule has 0 aliphatic carbocycles. The van der Waals surface area contributed by atoms with Crippen LogP contribution in [0.2, 0.25) is 0 Å². The quantitative estimate of drug-likeness (QED) is 0.308. The number of nitrogens with one attached hydrogen (secondary N) is 2. The number of hydrogen-bond acceptors (Lipinski definition) is 5. The predicted molar refractivity (Wildman–Crippen MR) is 87.0 cm³/mol. The van der Waals surface area contributed by atoms with Crippen LogP contribution in [0.15, 0.2) is 18.3 Å². The van der Waals surface area contributed by atoms with Gasteiger partial charge in [-0.25, -0.2) is 4.98 Å². The topological polar surface area (TPSA) is 70.0 Å². The number of rotatable bonds is 2. The molecular weight excluding hydrogens is 387 g/mol. The Morgan fingerprint density at radius 3 is 2.65 bits per heavy atom. The molecule has 0 saturated heterocycles. The molecule has 0 fully saturated rings. The van der Waals surface area contributed by atoms with E-state index in [1.807, 2.05) is 0 Å². The summed E-state index contributed by atoms with van der Waals surface area (Å²) in [5, 5.41) is 2.95. The first-order valence-corrected chi connectivity index (χ1v) is 7.43. The van der Waals surface area contributed by atoms with Gasteiger partial charge in [0.2, 0.25) is 4.46 Å². The number of aromatic amines is 1. The Labute approximate surface area is 145 Å². The van der Waals surface area contributed by atoms with Gasteiger partial charge < -0.3 is 16.0 Å². The van der Waals surface area contributed by atoms with Crippen molar-refractivity contribution in [2.45, 2.75) is 14.8 Å². The summed E-state index contributed by atoms with van der Waals surface area (Å²) in [7, 11) is 0. The summed E-state index contributed by atoms with van der Waals surface area (Å²) in [6.07, 6.45) is 3.03. The molecule has 1 aromatic heterocycles. The van der Waals surface area contributed by atoms with Crippen molar-refractivity contribution in [1.29, 1.82) is 0 Å². The lowest BCUT2D eigenvalue weighted by atomic mass is 10.1. The summed E-state index contributed by atoms with van der Waals surface area (Å²) in [6, 6.07) is 0.865. The summed E-state index contributed by atoms with van der Waals surface area (Å²) >= 11 is 35.3. The van der Waals surface area contributed by atoms with Gasteiger partial charge in [0, 0.05) is 24.0 Å². The van der Waals surface area contributed by atoms with Crippen molar-refractivity contribution in [1.82, 2.24) is 14.4 Å². The highest BCUT2D eigenvalue weighted by molar-refractivity contribution is 7.71. The first-order valence-electron chi connectivity index (χ1n) is 5.17. The summed E-state index contributed by atoms with van der Waals surface area (Å²) in [6.45, 7) is 0. The Morgan fingerprint density at radius 2 is 2.05 bits per heavy atom. The minimum atomic E-state index is -1.74. The van der Waals surface area contributed by atoms with E-state index in [0.29, 0.717) is 11.6 Å². The Morgan fingerprint density at radius 1 is 1.40 bits per heavy atom. The molecule has 0 saturated carbocycles. The molecule has 0 aromatic carbocycles. The average molecular weight is 396 g/mol. The lowest BCUT2D eigenvalue weighted by Gasteiger charge is -2.44. The van der Waals surface area contributed by atoms with Gasteiger partial charge in [0.25, 0.3) is 0 Å². The third-order valence-corrected chi connectivity index (χ3v) is 5.64. The maximum Gasteiger partial charge on any atom is 0.238 e. The van der Waals surface area contributed by atoms with E-state index in [1.54, 1.807) is 6.08 Å². The van der Waals surface area contributed by atoms with Crippen molar-refractivity contribution in [2.24, 2.45) is 0 Å². The molecule has 1 atom stereocenters. The Hall–Kier alpha value is -0.110. The molecule has 11 heteroatoms. The molecule has 5 nitrogen and oxygen atoms in total. The molecule has 1 unspecified atom stereocenters. The fourth-order valence-corrected chi connectivity index (χ4v) is 2.84. The first-order chi connectivity index (χ1) is 9.14. The van der Waals surface area contributed by atoms with Gasteiger partial charge in [0.1, 0.15) is 11.6 Å². The van der Waals surface area contributed by atoms with Crippen molar-refractivity contribution in [3.63, 3.8) is 0 Å². The first kappa shape index (κ1) is 16.3. The number of H-pyrrole nitrogens is 1. The Balaban J connectivity index is 2.34. The second kappa shape index (κ2) is 5.59. The number of alkyl halides is 4. The highest BCUT2D eigenvalue weighted by Gasteiger charge is 2.57. The van der Waals surface area contributed by atoms with Gasteiger partial charge in [-0.2, -0.15) is 0 Å². The summed E-state index contributed by atoms with van der Waals surface area (Å²) in [5.74, 6) is 0.711. The molecule has 2 rings (SSSR count). The number of nitrogen functional groups attached to an aromatic ring is 1. The lowest BCUT2D eigenvalue weighted by Crippen LogP contribution is -2.56. The molecule has 0 amide bonds. The van der Waals surface area contributed by atoms with E-state index in [9.17, 15) is 0 Å². The number of hydrogen-bond donors (Lipinski definition) is 3. The van der Waals surface area contributed by atoms with Gasteiger partial charge >= 0.3 is 0 Å². The molecule has 2 heterocycles. The summed E-state index contributed by atoms with van der Waals surface area (Å²) in [5.41, 5.74) is 5.64. The van der Waals surface area contributed by atoms with Crippen LogP contribution >= 0.6 is 70.4 Å². The monoisotopic (exact) mass is 393 g/mol. The van der Waals surface area contributed by atoms with E-state index < -0.39 is 14.8 Å². The van der Waals surface area contributed by atoms with E-state index in [-0.39, 0.29) is 4.77 Å². The van der Waals surface area contributed by atoms with Gasteiger partial charge in [0.05, 0.1) is 6.04 Å². The molecule has 4 N–H and O–H groups in total. The zero-order valence-corrected chi connectivity index (χ0v) is 14.2. The van der Waals surface area contributed by atoms with Gasteiger partial charge in [-0.3, -0.25) is 4.42 Å². The maximum atomic E-state index is 6.22. The zero-order chi connectivity index (χ0) is 15.1. The van der Waals surface area contributed by atoms with Crippen LogP contribution in [0, 0.1) is 4.77 Å². The van der Waals surface area contributed by atoms with Gasteiger partial charge in [-0.05, 0) is 18.3 Å². The molecule has 1 aromatic rings.